The predicted molar refractivity (Wildman–Crippen MR) is 82.4 cm³/mol. The first-order valence-electron chi connectivity index (χ1n) is 7.35. The van der Waals surface area contributed by atoms with Crippen LogP contribution in [0, 0.1) is 6.92 Å². The van der Waals surface area contributed by atoms with E-state index in [1.54, 1.807) is 0 Å². The van der Waals surface area contributed by atoms with Crippen molar-refractivity contribution in [2.24, 2.45) is 0 Å². The highest BCUT2D eigenvalue weighted by Gasteiger charge is 2.17. The van der Waals surface area contributed by atoms with Gasteiger partial charge in [-0.25, -0.2) is 14.5 Å². The lowest BCUT2D eigenvalue weighted by molar-refractivity contribution is 0.884. The molecule has 1 aliphatic rings. The van der Waals surface area contributed by atoms with Crippen LogP contribution in [0.4, 0.5) is 5.95 Å². The number of anilines is 1. The molecule has 21 heavy (non-hydrogen) atoms. The number of hydrogen-bond donors (Lipinski definition) is 0. The van der Waals surface area contributed by atoms with Crippen molar-refractivity contribution < 1.29 is 0 Å². The van der Waals surface area contributed by atoms with Gasteiger partial charge in [0.2, 0.25) is 5.95 Å². The molecule has 1 fully saturated rings. The average Bonchev–Trinajstić information content (AvgIpc) is 3.17. The van der Waals surface area contributed by atoms with E-state index in [4.69, 9.17) is 4.98 Å². The molecule has 0 unspecified atom stereocenters. The fourth-order valence-electron chi connectivity index (χ4n) is 2.89. The summed E-state index contributed by atoms with van der Waals surface area (Å²) in [5.74, 6) is 0.839. The van der Waals surface area contributed by atoms with Crippen LogP contribution in [0.25, 0.3) is 16.9 Å². The first-order valence-corrected chi connectivity index (χ1v) is 7.35. The van der Waals surface area contributed by atoms with Crippen molar-refractivity contribution in [2.75, 3.05) is 18.0 Å². The molecule has 3 aromatic heterocycles. The van der Waals surface area contributed by atoms with Gasteiger partial charge in [0.05, 0.1) is 23.1 Å². The van der Waals surface area contributed by atoms with Gasteiger partial charge in [0.15, 0.2) is 0 Å². The van der Waals surface area contributed by atoms with E-state index in [1.807, 2.05) is 41.9 Å². The number of aryl methyl sites for hydroxylation is 1. The molecule has 0 aliphatic carbocycles. The second kappa shape index (κ2) is 4.84. The van der Waals surface area contributed by atoms with Crippen LogP contribution in [0.3, 0.4) is 0 Å². The summed E-state index contributed by atoms with van der Waals surface area (Å²) in [6, 6.07) is 10.2. The van der Waals surface area contributed by atoms with E-state index >= 15 is 0 Å². The van der Waals surface area contributed by atoms with Gasteiger partial charge in [-0.3, -0.25) is 0 Å². The van der Waals surface area contributed by atoms with Crippen LogP contribution in [0.1, 0.15) is 18.5 Å². The summed E-state index contributed by atoms with van der Waals surface area (Å²) in [7, 11) is 0. The van der Waals surface area contributed by atoms with Crippen LogP contribution in [-0.4, -0.2) is 32.7 Å². The van der Waals surface area contributed by atoms with Crippen LogP contribution >= 0.6 is 0 Å². The summed E-state index contributed by atoms with van der Waals surface area (Å²) in [5.41, 5.74) is 4.00. The van der Waals surface area contributed by atoms with Crippen molar-refractivity contribution in [1.82, 2.24) is 19.6 Å². The highest BCUT2D eigenvalue weighted by Crippen LogP contribution is 2.23. The molecule has 0 atom stereocenters. The lowest BCUT2D eigenvalue weighted by Crippen LogP contribution is -2.21. The Labute approximate surface area is 123 Å². The van der Waals surface area contributed by atoms with Crippen molar-refractivity contribution >= 4 is 11.5 Å². The van der Waals surface area contributed by atoms with Crippen LogP contribution in [0.15, 0.2) is 36.5 Å². The van der Waals surface area contributed by atoms with Gasteiger partial charge < -0.3 is 4.90 Å². The molecule has 0 amide bonds. The van der Waals surface area contributed by atoms with Gasteiger partial charge in [0, 0.05) is 18.8 Å². The second-order valence-corrected chi connectivity index (χ2v) is 5.47. The molecule has 0 aromatic carbocycles. The third-order valence-corrected chi connectivity index (χ3v) is 3.92. The van der Waals surface area contributed by atoms with Gasteiger partial charge >= 0.3 is 0 Å². The van der Waals surface area contributed by atoms with E-state index in [2.05, 4.69) is 21.0 Å². The van der Waals surface area contributed by atoms with Crippen LogP contribution in [0.2, 0.25) is 0 Å². The first kappa shape index (κ1) is 12.3. The maximum Gasteiger partial charge on any atom is 0.226 e. The van der Waals surface area contributed by atoms with Gasteiger partial charge in [0.1, 0.15) is 0 Å². The Balaban J connectivity index is 1.86. The summed E-state index contributed by atoms with van der Waals surface area (Å²) in [5, 5.41) is 4.39. The van der Waals surface area contributed by atoms with E-state index in [1.165, 1.54) is 12.8 Å². The average molecular weight is 279 g/mol. The molecule has 0 saturated carbocycles. The first-order chi connectivity index (χ1) is 10.3. The molecule has 0 spiro atoms. The standard InChI is InChI=1S/C16H17N5/c1-12-11-14(19-16(18-12)20-9-2-3-10-20)15-6-4-5-13-7-8-17-21(13)15/h4-8,11H,2-3,9-10H2,1H3. The normalized spacial score (nSPS) is 15.0. The van der Waals surface area contributed by atoms with Crippen molar-refractivity contribution in [3.8, 4) is 11.4 Å². The molecule has 0 bridgehead atoms. The molecule has 1 aliphatic heterocycles. The van der Waals surface area contributed by atoms with Crippen molar-refractivity contribution in [3.05, 3.63) is 42.2 Å². The Morgan fingerprint density at radius 2 is 1.90 bits per heavy atom. The quantitative estimate of drug-likeness (QED) is 0.723. The molecule has 0 N–H and O–H groups in total. The maximum absolute atomic E-state index is 4.77. The Hall–Kier alpha value is -2.43. The SMILES string of the molecule is Cc1cc(-c2cccc3ccnn23)nc(N2CCCC2)n1. The Kier molecular flexibility index (Phi) is 2.84. The van der Waals surface area contributed by atoms with Crippen molar-refractivity contribution in [3.63, 3.8) is 0 Å². The van der Waals surface area contributed by atoms with Gasteiger partial charge in [-0.15, -0.1) is 0 Å². The van der Waals surface area contributed by atoms with Gasteiger partial charge in [-0.2, -0.15) is 5.10 Å². The Morgan fingerprint density at radius 1 is 1.05 bits per heavy atom. The zero-order chi connectivity index (χ0) is 14.2. The van der Waals surface area contributed by atoms with Gasteiger partial charge in [-0.05, 0) is 44.0 Å². The minimum absolute atomic E-state index is 0.839. The van der Waals surface area contributed by atoms with E-state index < -0.39 is 0 Å². The van der Waals surface area contributed by atoms with Crippen LogP contribution in [0.5, 0.6) is 0 Å². The minimum atomic E-state index is 0.839. The maximum atomic E-state index is 4.77. The molecule has 1 saturated heterocycles. The summed E-state index contributed by atoms with van der Waals surface area (Å²) in [6.45, 7) is 4.12. The lowest BCUT2D eigenvalue weighted by atomic mass is 10.2. The highest BCUT2D eigenvalue weighted by molar-refractivity contribution is 5.62. The zero-order valence-electron chi connectivity index (χ0n) is 12.0. The Morgan fingerprint density at radius 3 is 2.76 bits per heavy atom. The monoisotopic (exact) mass is 279 g/mol. The van der Waals surface area contributed by atoms with Crippen LogP contribution < -0.4 is 4.90 Å². The molecular formula is C16H17N5. The van der Waals surface area contributed by atoms with E-state index in [-0.39, 0.29) is 0 Å². The fourth-order valence-corrected chi connectivity index (χ4v) is 2.89. The van der Waals surface area contributed by atoms with E-state index in [0.717, 1.165) is 41.6 Å². The van der Waals surface area contributed by atoms with Crippen LogP contribution in [-0.2, 0) is 0 Å². The number of fused-ring (bicyclic) bond motifs is 1. The minimum Gasteiger partial charge on any atom is -0.341 e. The Bertz CT molecular complexity index is 786. The third kappa shape index (κ3) is 2.14. The largest absolute Gasteiger partial charge is 0.341 e. The number of hydrogen-bond acceptors (Lipinski definition) is 4. The summed E-state index contributed by atoms with van der Waals surface area (Å²) >= 11 is 0. The molecule has 0 radical (unpaired) electrons. The van der Waals surface area contributed by atoms with Crippen molar-refractivity contribution in [1.29, 1.82) is 0 Å². The second-order valence-electron chi connectivity index (χ2n) is 5.47. The number of rotatable bonds is 2. The number of nitrogens with zero attached hydrogens (tertiary/aromatic N) is 5. The molecular weight excluding hydrogens is 262 g/mol. The number of aromatic nitrogens is 4. The molecule has 5 nitrogen and oxygen atoms in total. The van der Waals surface area contributed by atoms with Crippen molar-refractivity contribution in [2.45, 2.75) is 19.8 Å². The topological polar surface area (TPSA) is 46.3 Å². The third-order valence-electron chi connectivity index (χ3n) is 3.92. The number of pyridine rings is 1. The molecule has 5 heteroatoms. The molecule has 4 rings (SSSR count). The van der Waals surface area contributed by atoms with Gasteiger partial charge in [0.25, 0.3) is 0 Å². The van der Waals surface area contributed by atoms with E-state index in [0.29, 0.717) is 0 Å². The molecule has 4 heterocycles. The molecule has 3 aromatic rings. The zero-order valence-corrected chi connectivity index (χ0v) is 12.0. The highest BCUT2D eigenvalue weighted by atomic mass is 15.3. The van der Waals surface area contributed by atoms with Gasteiger partial charge in [-0.1, -0.05) is 6.07 Å². The fraction of sp³-hybridized carbons (Fsp3) is 0.312. The summed E-state index contributed by atoms with van der Waals surface area (Å²) in [4.78, 5) is 11.6. The smallest absolute Gasteiger partial charge is 0.226 e. The van der Waals surface area contributed by atoms with E-state index in [9.17, 15) is 0 Å². The lowest BCUT2D eigenvalue weighted by Gasteiger charge is -2.16. The molecule has 106 valence electrons. The summed E-state index contributed by atoms with van der Waals surface area (Å²) in [6.07, 6.45) is 4.26. The summed E-state index contributed by atoms with van der Waals surface area (Å²) < 4.78 is 1.93. The predicted octanol–water partition coefficient (Wildman–Crippen LogP) is 2.70.